The predicted octanol–water partition coefficient (Wildman–Crippen LogP) is 2.49. The monoisotopic (exact) mass is 300 g/mol. The van der Waals surface area contributed by atoms with Crippen LogP contribution in [0.15, 0.2) is 39.8 Å². The van der Waals surface area contributed by atoms with E-state index in [1.165, 1.54) is 10.9 Å². The van der Waals surface area contributed by atoms with Gasteiger partial charge in [0, 0.05) is 5.39 Å². The molecule has 0 spiro atoms. The van der Waals surface area contributed by atoms with Crippen LogP contribution in [0, 0.1) is 0 Å². The van der Waals surface area contributed by atoms with Crippen molar-refractivity contribution in [3.63, 3.8) is 0 Å². The van der Waals surface area contributed by atoms with Gasteiger partial charge in [-0.05, 0) is 18.6 Å². The van der Waals surface area contributed by atoms with Crippen molar-refractivity contribution in [3.8, 4) is 0 Å². The van der Waals surface area contributed by atoms with E-state index >= 15 is 0 Å². The highest BCUT2D eigenvalue weighted by atomic mass is 16.5. The number of para-hydroxylation sites is 1. The fourth-order valence-corrected chi connectivity index (χ4v) is 2.24. The molecule has 0 aliphatic carbocycles. The van der Waals surface area contributed by atoms with Crippen LogP contribution >= 0.6 is 0 Å². The Morgan fingerprint density at radius 1 is 1.36 bits per heavy atom. The van der Waals surface area contributed by atoms with Gasteiger partial charge in [-0.2, -0.15) is 0 Å². The third kappa shape index (κ3) is 2.59. The van der Waals surface area contributed by atoms with Crippen molar-refractivity contribution in [1.29, 1.82) is 0 Å². The fraction of sp³-hybridized carbons (Fsp3) is 0.312. The second-order valence-electron chi connectivity index (χ2n) is 5.03. The van der Waals surface area contributed by atoms with Crippen molar-refractivity contribution in [2.45, 2.75) is 26.3 Å². The zero-order chi connectivity index (χ0) is 15.5. The molecule has 1 aromatic carbocycles. The molecule has 2 aromatic heterocycles. The van der Waals surface area contributed by atoms with Crippen LogP contribution in [0.1, 0.15) is 19.8 Å². The molecule has 0 radical (unpaired) electrons. The van der Waals surface area contributed by atoms with Crippen LogP contribution in [0.4, 0.5) is 0 Å². The lowest BCUT2D eigenvalue weighted by Crippen LogP contribution is -2.25. The molecule has 0 saturated carbocycles. The molecule has 0 aliphatic rings. The number of hydrogen-bond donors (Lipinski definition) is 0. The normalized spacial score (nSPS) is 11.1. The summed E-state index contributed by atoms with van der Waals surface area (Å²) < 4.78 is 11.8. The summed E-state index contributed by atoms with van der Waals surface area (Å²) in [5, 5.41) is 0.785. The van der Waals surface area contributed by atoms with E-state index in [9.17, 15) is 9.59 Å². The molecule has 3 rings (SSSR count). The molecule has 0 aliphatic heterocycles. The van der Waals surface area contributed by atoms with Gasteiger partial charge < -0.3 is 9.15 Å². The van der Waals surface area contributed by atoms with E-state index in [0.717, 1.165) is 18.2 Å². The van der Waals surface area contributed by atoms with E-state index in [0.29, 0.717) is 17.7 Å². The smallest absolute Gasteiger partial charge is 0.326 e. The minimum absolute atomic E-state index is 0.157. The Kier molecular flexibility index (Phi) is 3.91. The molecular formula is C16H16N2O4. The number of benzene rings is 1. The minimum Gasteiger partial charge on any atom is -0.464 e. The number of nitrogens with zero attached hydrogens (tertiary/aromatic N) is 2. The first-order valence-corrected chi connectivity index (χ1v) is 7.23. The van der Waals surface area contributed by atoms with Gasteiger partial charge in [-0.1, -0.05) is 25.5 Å². The number of esters is 1. The second kappa shape index (κ2) is 6.01. The number of furan rings is 1. The number of aromatic nitrogens is 2. The minimum atomic E-state index is -0.451. The zero-order valence-electron chi connectivity index (χ0n) is 12.2. The Bertz CT molecular complexity index is 879. The van der Waals surface area contributed by atoms with Crippen LogP contribution in [0.3, 0.4) is 0 Å². The predicted molar refractivity (Wildman–Crippen MR) is 81.6 cm³/mol. The summed E-state index contributed by atoms with van der Waals surface area (Å²) in [6.45, 7) is 2.21. The molecule has 22 heavy (non-hydrogen) atoms. The molecule has 0 atom stereocenters. The van der Waals surface area contributed by atoms with E-state index in [2.05, 4.69) is 4.98 Å². The largest absolute Gasteiger partial charge is 0.464 e. The number of carbonyl (C=O) groups is 1. The van der Waals surface area contributed by atoms with Gasteiger partial charge in [0.05, 0.1) is 12.9 Å². The van der Waals surface area contributed by atoms with Crippen molar-refractivity contribution in [2.24, 2.45) is 0 Å². The van der Waals surface area contributed by atoms with Crippen molar-refractivity contribution < 1.29 is 13.9 Å². The topological polar surface area (TPSA) is 74.3 Å². The maximum absolute atomic E-state index is 12.4. The van der Waals surface area contributed by atoms with E-state index < -0.39 is 5.97 Å². The van der Waals surface area contributed by atoms with Gasteiger partial charge in [0.15, 0.2) is 0 Å². The number of hydrogen-bond acceptors (Lipinski definition) is 5. The van der Waals surface area contributed by atoms with E-state index in [1.807, 2.05) is 25.1 Å². The number of unbranched alkanes of at least 4 members (excludes halogenated alkanes) is 1. The Hall–Kier alpha value is -2.63. The van der Waals surface area contributed by atoms with E-state index in [-0.39, 0.29) is 17.7 Å². The third-order valence-corrected chi connectivity index (χ3v) is 3.41. The lowest BCUT2D eigenvalue weighted by atomic mass is 10.2. The van der Waals surface area contributed by atoms with Gasteiger partial charge in [-0.3, -0.25) is 14.2 Å². The van der Waals surface area contributed by atoms with Crippen LogP contribution in [-0.2, 0) is 16.1 Å². The quantitative estimate of drug-likeness (QED) is 0.534. The third-order valence-electron chi connectivity index (χ3n) is 3.41. The Morgan fingerprint density at radius 3 is 3.00 bits per heavy atom. The van der Waals surface area contributed by atoms with Crippen LogP contribution < -0.4 is 5.56 Å². The van der Waals surface area contributed by atoms with Gasteiger partial charge in [0.25, 0.3) is 5.56 Å². The van der Waals surface area contributed by atoms with Crippen molar-refractivity contribution in [1.82, 2.24) is 9.55 Å². The van der Waals surface area contributed by atoms with Gasteiger partial charge in [0.2, 0.25) is 5.58 Å². The Balaban J connectivity index is 1.92. The number of rotatable bonds is 5. The molecule has 0 fully saturated rings. The maximum Gasteiger partial charge on any atom is 0.326 e. The number of fused-ring (bicyclic) bond motifs is 3. The molecule has 0 amide bonds. The highest BCUT2D eigenvalue weighted by Gasteiger charge is 2.14. The lowest BCUT2D eigenvalue weighted by Gasteiger charge is -2.05. The first-order valence-electron chi connectivity index (χ1n) is 7.23. The fourth-order valence-electron chi connectivity index (χ4n) is 2.24. The van der Waals surface area contributed by atoms with Crippen molar-refractivity contribution >= 4 is 28.0 Å². The summed E-state index contributed by atoms with van der Waals surface area (Å²) in [6.07, 6.45) is 3.11. The molecule has 2 heterocycles. The first kappa shape index (κ1) is 14.3. The van der Waals surface area contributed by atoms with Gasteiger partial charge in [-0.25, -0.2) is 4.98 Å². The second-order valence-corrected chi connectivity index (χ2v) is 5.03. The van der Waals surface area contributed by atoms with Crippen LogP contribution in [0.25, 0.3) is 22.1 Å². The van der Waals surface area contributed by atoms with Crippen molar-refractivity contribution in [3.05, 3.63) is 40.9 Å². The highest BCUT2D eigenvalue weighted by molar-refractivity contribution is 6.01. The summed E-state index contributed by atoms with van der Waals surface area (Å²) >= 11 is 0. The zero-order valence-corrected chi connectivity index (χ0v) is 12.2. The Labute approximate surface area is 126 Å². The molecule has 6 nitrogen and oxygen atoms in total. The molecular weight excluding hydrogens is 284 g/mol. The molecule has 0 N–H and O–H groups in total. The summed E-state index contributed by atoms with van der Waals surface area (Å²) in [7, 11) is 0. The summed E-state index contributed by atoms with van der Waals surface area (Å²) in [6, 6.07) is 7.31. The van der Waals surface area contributed by atoms with E-state index in [1.54, 1.807) is 6.07 Å². The molecule has 6 heteroatoms. The molecule has 114 valence electrons. The average Bonchev–Trinajstić information content (AvgIpc) is 2.90. The maximum atomic E-state index is 12.4. The van der Waals surface area contributed by atoms with Gasteiger partial charge >= 0.3 is 5.97 Å². The van der Waals surface area contributed by atoms with Crippen LogP contribution in [0.5, 0.6) is 0 Å². The highest BCUT2D eigenvalue weighted by Crippen LogP contribution is 2.23. The first-order chi connectivity index (χ1) is 10.7. The van der Waals surface area contributed by atoms with E-state index in [4.69, 9.17) is 9.15 Å². The molecule has 0 unspecified atom stereocenters. The number of ether oxygens (including phenoxy) is 1. The summed E-state index contributed by atoms with van der Waals surface area (Å²) in [4.78, 5) is 28.3. The lowest BCUT2D eigenvalue weighted by molar-refractivity contribution is -0.144. The molecule has 0 bridgehead atoms. The van der Waals surface area contributed by atoms with Crippen LogP contribution in [-0.4, -0.2) is 22.1 Å². The van der Waals surface area contributed by atoms with Crippen molar-refractivity contribution in [2.75, 3.05) is 6.61 Å². The summed E-state index contributed by atoms with van der Waals surface area (Å²) in [5.74, 6) is -0.451. The Morgan fingerprint density at radius 2 is 2.18 bits per heavy atom. The number of carbonyl (C=O) groups excluding carboxylic acids is 1. The summed E-state index contributed by atoms with van der Waals surface area (Å²) in [5.41, 5.74) is 0.889. The van der Waals surface area contributed by atoms with Gasteiger partial charge in [-0.15, -0.1) is 0 Å². The van der Waals surface area contributed by atoms with Gasteiger partial charge in [0.1, 0.15) is 17.6 Å². The average molecular weight is 300 g/mol. The van der Waals surface area contributed by atoms with Crippen LogP contribution in [0.2, 0.25) is 0 Å². The standard InChI is InChI=1S/C16H16N2O4/c1-2-3-8-21-13(19)9-18-10-17-14-11-6-4-5-7-12(11)22-15(14)16(18)20/h4-7,10H,2-3,8-9H2,1H3. The molecule has 3 aromatic rings. The molecule has 0 saturated heterocycles. The SMILES string of the molecule is CCCCOC(=O)Cn1cnc2c(oc3ccccc32)c1=O.